The number of benzene rings is 3. The van der Waals surface area contributed by atoms with E-state index in [4.69, 9.17) is 23.2 Å². The van der Waals surface area contributed by atoms with Crippen LogP contribution in [-0.2, 0) is 9.59 Å². The number of carbonyl (C=O) groups excluding carboxylic acids is 2. The number of carbonyl (C=O) groups is 2. The number of aliphatic imine (C=N–C) groups is 1. The number of hydrogen-bond donors (Lipinski definition) is 2. The van der Waals surface area contributed by atoms with Crippen molar-refractivity contribution in [2.45, 2.75) is 13.1 Å². The van der Waals surface area contributed by atoms with Gasteiger partial charge < -0.3 is 15.4 Å². The Bertz CT molecular complexity index is 1340. The summed E-state index contributed by atoms with van der Waals surface area (Å²) in [6.07, 6.45) is -1.19. The zero-order chi connectivity index (χ0) is 25.1. The lowest BCUT2D eigenvalue weighted by molar-refractivity contribution is -0.128. The first-order valence-electron chi connectivity index (χ1n) is 10.8. The van der Waals surface area contributed by atoms with Crippen molar-refractivity contribution >= 4 is 52.1 Å². The molecule has 178 valence electrons. The number of benzodiazepines with no additional fused rings is 1. The number of anilines is 1. The van der Waals surface area contributed by atoms with Crippen LogP contribution in [0.5, 0.6) is 0 Å². The lowest BCUT2D eigenvalue weighted by Gasteiger charge is -2.22. The Labute approximate surface area is 212 Å². The summed E-state index contributed by atoms with van der Waals surface area (Å²) in [4.78, 5) is 32.7. The number of nitrogens with one attached hydrogen (secondary N) is 1. The molecule has 35 heavy (non-hydrogen) atoms. The van der Waals surface area contributed by atoms with Gasteiger partial charge in [-0.2, -0.15) is 0 Å². The Hall–Kier alpha value is -3.68. The van der Waals surface area contributed by atoms with Crippen molar-refractivity contribution in [2.24, 2.45) is 16.1 Å². The lowest BCUT2D eigenvalue weighted by Crippen LogP contribution is -2.48. The normalized spacial score (nSPS) is 16.7. The molecule has 1 aliphatic heterocycles. The van der Waals surface area contributed by atoms with Gasteiger partial charge >= 0.3 is 0 Å². The number of rotatable bonds is 5. The predicted octanol–water partition coefficient (Wildman–Crippen LogP) is 4.76. The van der Waals surface area contributed by atoms with Crippen LogP contribution >= 0.6 is 23.2 Å². The summed E-state index contributed by atoms with van der Waals surface area (Å²) in [6.45, 7) is 1.56. The van der Waals surface area contributed by atoms with Crippen molar-refractivity contribution in [3.8, 4) is 0 Å². The van der Waals surface area contributed by atoms with E-state index in [-0.39, 0.29) is 10.7 Å². The average Bonchev–Trinajstić information content (AvgIpc) is 2.97. The molecule has 1 aliphatic rings. The van der Waals surface area contributed by atoms with Crippen LogP contribution in [0.3, 0.4) is 0 Å². The number of halogens is 2. The maximum absolute atomic E-state index is 13.3. The fraction of sp³-hybridized carbons (Fsp3) is 0.154. The fourth-order valence-corrected chi connectivity index (χ4v) is 4.17. The van der Waals surface area contributed by atoms with Crippen LogP contribution in [0.15, 0.2) is 82.9 Å². The standard InChI is InChI=1S/C26H22Cl2N4O3/c1-15(22(31-35)17-12-13-19(27)20(28)14-17)25(33)30-24-26(34)32(2)21-11-7-6-10-18(21)23(29-24)16-8-4-3-5-9-16/h3-15,24,35H,1-2H3,(H,30,33)/b31-22-/t15?,24-/m1/s1. The van der Waals surface area contributed by atoms with Crippen molar-refractivity contribution in [3.63, 3.8) is 0 Å². The summed E-state index contributed by atoms with van der Waals surface area (Å²) in [5.41, 5.74) is 3.34. The molecule has 0 bridgehead atoms. The van der Waals surface area contributed by atoms with Gasteiger partial charge in [-0.15, -0.1) is 0 Å². The van der Waals surface area contributed by atoms with Gasteiger partial charge in [0.05, 0.1) is 33.1 Å². The van der Waals surface area contributed by atoms with Crippen molar-refractivity contribution < 1.29 is 14.8 Å². The van der Waals surface area contributed by atoms with E-state index < -0.39 is 23.9 Å². The molecule has 3 aromatic carbocycles. The highest BCUT2D eigenvalue weighted by Crippen LogP contribution is 2.28. The van der Waals surface area contributed by atoms with Crippen molar-refractivity contribution in [1.29, 1.82) is 0 Å². The Balaban J connectivity index is 1.69. The van der Waals surface area contributed by atoms with Crippen LogP contribution in [0.25, 0.3) is 0 Å². The van der Waals surface area contributed by atoms with E-state index in [9.17, 15) is 14.8 Å². The van der Waals surface area contributed by atoms with Gasteiger partial charge in [0.2, 0.25) is 12.1 Å². The van der Waals surface area contributed by atoms with Gasteiger partial charge in [0.15, 0.2) is 0 Å². The van der Waals surface area contributed by atoms with Crippen LogP contribution in [0.2, 0.25) is 10.0 Å². The molecule has 0 fully saturated rings. The molecule has 0 radical (unpaired) electrons. The molecule has 0 aliphatic carbocycles. The molecule has 0 aromatic heterocycles. The highest BCUT2D eigenvalue weighted by molar-refractivity contribution is 6.42. The van der Waals surface area contributed by atoms with E-state index in [1.54, 1.807) is 26.1 Å². The number of oxime groups is 1. The van der Waals surface area contributed by atoms with E-state index in [0.29, 0.717) is 22.0 Å². The second-order valence-electron chi connectivity index (χ2n) is 8.01. The van der Waals surface area contributed by atoms with Crippen molar-refractivity contribution in [1.82, 2.24) is 5.32 Å². The minimum Gasteiger partial charge on any atom is -0.411 e. The second-order valence-corrected chi connectivity index (χ2v) is 8.82. The Kier molecular flexibility index (Phi) is 7.19. The van der Waals surface area contributed by atoms with Crippen molar-refractivity contribution in [2.75, 3.05) is 11.9 Å². The third-order valence-electron chi connectivity index (χ3n) is 5.80. The zero-order valence-corrected chi connectivity index (χ0v) is 20.5. The highest BCUT2D eigenvalue weighted by atomic mass is 35.5. The second kappa shape index (κ2) is 10.3. The van der Waals surface area contributed by atoms with E-state index in [0.717, 1.165) is 11.1 Å². The SMILES string of the molecule is CC(C(=O)N[C@H]1N=C(c2ccccc2)c2ccccc2N(C)C1=O)/C(=N/O)c1ccc(Cl)c(Cl)c1. The van der Waals surface area contributed by atoms with E-state index in [1.807, 2.05) is 54.6 Å². The molecule has 9 heteroatoms. The minimum atomic E-state index is -1.19. The summed E-state index contributed by atoms with van der Waals surface area (Å²) >= 11 is 12.1. The number of para-hydroxylation sites is 1. The largest absolute Gasteiger partial charge is 0.411 e. The molecule has 2 atom stereocenters. The molecule has 2 N–H and O–H groups in total. The number of amides is 2. The molecule has 4 rings (SSSR count). The topological polar surface area (TPSA) is 94.4 Å². The van der Waals surface area contributed by atoms with Gasteiger partial charge in [-0.25, -0.2) is 4.99 Å². The van der Waals surface area contributed by atoms with Gasteiger partial charge in [0, 0.05) is 23.7 Å². The molecule has 0 saturated heterocycles. The molecule has 1 unspecified atom stereocenters. The predicted molar refractivity (Wildman–Crippen MR) is 138 cm³/mol. The molecule has 0 spiro atoms. The van der Waals surface area contributed by atoms with Crippen LogP contribution in [0.1, 0.15) is 23.6 Å². The Morgan fingerprint density at radius 3 is 2.43 bits per heavy atom. The minimum absolute atomic E-state index is 0.0750. The molecule has 2 amide bonds. The molecular formula is C26H22Cl2N4O3. The Morgan fingerprint density at radius 2 is 1.74 bits per heavy atom. The van der Waals surface area contributed by atoms with Crippen molar-refractivity contribution in [3.05, 3.63) is 99.5 Å². The first kappa shape index (κ1) is 24.4. The number of fused-ring (bicyclic) bond motifs is 1. The van der Waals surface area contributed by atoms with E-state index in [2.05, 4.69) is 15.5 Å². The first-order valence-corrected chi connectivity index (χ1v) is 11.6. The van der Waals surface area contributed by atoms with Gasteiger partial charge in [0.25, 0.3) is 5.91 Å². The van der Waals surface area contributed by atoms with Crippen LogP contribution in [0, 0.1) is 5.92 Å². The zero-order valence-electron chi connectivity index (χ0n) is 18.9. The summed E-state index contributed by atoms with van der Waals surface area (Å²) in [6, 6.07) is 21.5. The Morgan fingerprint density at radius 1 is 1.06 bits per heavy atom. The summed E-state index contributed by atoms with van der Waals surface area (Å²) in [5.74, 6) is -1.87. The number of hydrogen-bond acceptors (Lipinski definition) is 5. The molecule has 0 saturated carbocycles. The molecule has 7 nitrogen and oxygen atoms in total. The smallest absolute Gasteiger partial charge is 0.272 e. The molecular weight excluding hydrogens is 487 g/mol. The number of likely N-dealkylation sites (N-methyl/N-ethyl adjacent to an activating group) is 1. The van der Waals surface area contributed by atoms with Gasteiger partial charge in [-0.1, -0.05) is 83.0 Å². The quantitative estimate of drug-likeness (QED) is 0.295. The molecule has 1 heterocycles. The molecule has 3 aromatic rings. The maximum Gasteiger partial charge on any atom is 0.272 e. The lowest BCUT2D eigenvalue weighted by atomic mass is 9.97. The highest BCUT2D eigenvalue weighted by Gasteiger charge is 2.33. The number of nitrogens with zero attached hydrogens (tertiary/aromatic N) is 3. The van der Waals surface area contributed by atoms with Crippen LogP contribution in [-0.4, -0.2) is 41.7 Å². The summed E-state index contributed by atoms with van der Waals surface area (Å²) in [7, 11) is 1.64. The van der Waals surface area contributed by atoms with Gasteiger partial charge in [-0.05, 0) is 25.1 Å². The average molecular weight is 509 g/mol. The fourth-order valence-electron chi connectivity index (χ4n) is 3.88. The summed E-state index contributed by atoms with van der Waals surface area (Å²) in [5, 5.41) is 16.3. The van der Waals surface area contributed by atoms with Crippen LogP contribution < -0.4 is 10.2 Å². The van der Waals surface area contributed by atoms with E-state index >= 15 is 0 Å². The maximum atomic E-state index is 13.3. The first-order chi connectivity index (χ1) is 16.8. The summed E-state index contributed by atoms with van der Waals surface area (Å²) < 4.78 is 0. The van der Waals surface area contributed by atoms with Crippen LogP contribution in [0.4, 0.5) is 5.69 Å². The van der Waals surface area contributed by atoms with Gasteiger partial charge in [0.1, 0.15) is 0 Å². The van der Waals surface area contributed by atoms with E-state index in [1.165, 1.54) is 11.0 Å². The third kappa shape index (κ3) is 4.92. The monoisotopic (exact) mass is 508 g/mol. The van der Waals surface area contributed by atoms with Gasteiger partial charge in [-0.3, -0.25) is 9.59 Å². The third-order valence-corrected chi connectivity index (χ3v) is 6.53.